The largest absolute Gasteiger partial charge is 0.382 e. The van der Waals surface area contributed by atoms with Gasteiger partial charge in [0.25, 0.3) is 5.91 Å². The molecule has 1 fully saturated rings. The summed E-state index contributed by atoms with van der Waals surface area (Å²) >= 11 is 1.28. The Morgan fingerprint density at radius 1 is 1.57 bits per heavy atom. The lowest BCUT2D eigenvalue weighted by Gasteiger charge is -2.40. The topological polar surface area (TPSA) is 80.5 Å². The minimum absolute atomic E-state index is 0.0650. The lowest BCUT2D eigenvalue weighted by molar-refractivity contribution is -0.00455. The van der Waals surface area contributed by atoms with Crippen molar-refractivity contribution in [1.82, 2.24) is 9.69 Å². The predicted molar refractivity (Wildman–Crippen MR) is 86.0 cm³/mol. The van der Waals surface area contributed by atoms with Gasteiger partial charge in [-0.15, -0.1) is 0 Å². The van der Waals surface area contributed by atoms with Crippen molar-refractivity contribution in [2.75, 3.05) is 30.8 Å². The number of hydrogen-bond donors (Lipinski definition) is 2. The van der Waals surface area contributed by atoms with Crippen LogP contribution >= 0.6 is 11.5 Å². The van der Waals surface area contributed by atoms with E-state index < -0.39 is 0 Å². The van der Waals surface area contributed by atoms with Crippen LogP contribution in [-0.2, 0) is 4.74 Å². The highest BCUT2D eigenvalue weighted by Crippen LogP contribution is 2.35. The van der Waals surface area contributed by atoms with Gasteiger partial charge in [0, 0.05) is 26.2 Å². The number of amides is 1. The van der Waals surface area contributed by atoms with E-state index in [2.05, 4.69) is 21.5 Å². The molecule has 0 radical (unpaired) electrons. The first kappa shape index (κ1) is 16.0. The average Bonchev–Trinajstić information content (AvgIpc) is 2.80. The summed E-state index contributed by atoms with van der Waals surface area (Å²) in [6.45, 7) is 7.58. The highest BCUT2D eigenvalue weighted by Gasteiger charge is 2.34. The number of nitrogens with one attached hydrogen (secondary N) is 1. The maximum Gasteiger partial charge on any atom is 0.258 e. The van der Waals surface area contributed by atoms with Crippen molar-refractivity contribution in [2.45, 2.75) is 45.3 Å². The molecule has 7 heteroatoms. The minimum atomic E-state index is -0.192. The second-order valence-electron chi connectivity index (χ2n) is 6.06. The van der Waals surface area contributed by atoms with Crippen molar-refractivity contribution in [3.8, 4) is 0 Å². The Hall–Kier alpha value is -1.34. The van der Waals surface area contributed by atoms with Gasteiger partial charge in [-0.1, -0.05) is 0 Å². The summed E-state index contributed by atoms with van der Waals surface area (Å²) in [5.41, 5.74) is 6.21. The fourth-order valence-electron chi connectivity index (χ4n) is 2.60. The third kappa shape index (κ3) is 3.47. The van der Waals surface area contributed by atoms with E-state index >= 15 is 0 Å². The molecule has 3 N–H and O–H groups in total. The molecule has 1 aliphatic rings. The molecule has 118 valence electrons. The SMILES string of the molecule is COC1(C)CCCN(c2snc(N)c2C(=O)NC(C)C)C1. The zero-order chi connectivity index (χ0) is 15.6. The van der Waals surface area contributed by atoms with E-state index in [0.717, 1.165) is 30.9 Å². The zero-order valence-electron chi connectivity index (χ0n) is 13.1. The van der Waals surface area contributed by atoms with Crippen molar-refractivity contribution < 1.29 is 9.53 Å². The third-order valence-corrected chi connectivity index (χ3v) is 4.71. The Labute approximate surface area is 129 Å². The molecule has 1 saturated heterocycles. The lowest BCUT2D eigenvalue weighted by Crippen LogP contribution is -2.47. The number of carbonyl (C=O) groups is 1. The number of rotatable bonds is 4. The zero-order valence-corrected chi connectivity index (χ0v) is 13.9. The van der Waals surface area contributed by atoms with Gasteiger partial charge < -0.3 is 20.7 Å². The first-order chi connectivity index (χ1) is 9.86. The van der Waals surface area contributed by atoms with E-state index in [4.69, 9.17) is 10.5 Å². The Balaban J connectivity index is 2.26. The van der Waals surface area contributed by atoms with Crippen LogP contribution in [-0.4, -0.2) is 42.1 Å². The Kier molecular flexibility index (Phi) is 4.73. The minimum Gasteiger partial charge on any atom is -0.382 e. The van der Waals surface area contributed by atoms with Gasteiger partial charge in [-0.3, -0.25) is 4.79 Å². The monoisotopic (exact) mass is 312 g/mol. The van der Waals surface area contributed by atoms with Crippen molar-refractivity contribution in [3.05, 3.63) is 5.56 Å². The Bertz CT molecular complexity index is 517. The molecule has 1 atom stereocenters. The summed E-state index contributed by atoms with van der Waals surface area (Å²) in [4.78, 5) is 14.5. The Morgan fingerprint density at radius 3 is 2.90 bits per heavy atom. The molecule has 21 heavy (non-hydrogen) atoms. The number of nitrogens with zero attached hydrogens (tertiary/aromatic N) is 2. The number of anilines is 2. The number of aromatic nitrogens is 1. The fourth-order valence-corrected chi connectivity index (χ4v) is 3.44. The van der Waals surface area contributed by atoms with E-state index in [1.54, 1.807) is 7.11 Å². The normalized spacial score (nSPS) is 22.6. The number of nitrogens with two attached hydrogens (primary N) is 1. The number of hydrogen-bond acceptors (Lipinski definition) is 6. The van der Waals surface area contributed by atoms with Crippen LogP contribution in [0.3, 0.4) is 0 Å². The van der Waals surface area contributed by atoms with Crippen molar-refractivity contribution >= 4 is 28.3 Å². The smallest absolute Gasteiger partial charge is 0.258 e. The number of carbonyl (C=O) groups excluding carboxylic acids is 1. The fraction of sp³-hybridized carbons (Fsp3) is 0.714. The first-order valence-corrected chi connectivity index (χ1v) is 8.00. The Morgan fingerprint density at radius 2 is 2.29 bits per heavy atom. The maximum atomic E-state index is 12.3. The van der Waals surface area contributed by atoms with Crippen LogP contribution < -0.4 is 16.0 Å². The van der Waals surface area contributed by atoms with E-state index in [1.165, 1.54) is 11.5 Å². The van der Waals surface area contributed by atoms with Crippen LogP contribution in [0.25, 0.3) is 0 Å². The molecule has 1 aromatic heterocycles. The molecular weight excluding hydrogens is 288 g/mol. The van der Waals surface area contributed by atoms with Crippen LogP contribution in [0.4, 0.5) is 10.8 Å². The van der Waals surface area contributed by atoms with E-state index in [9.17, 15) is 4.79 Å². The van der Waals surface area contributed by atoms with Gasteiger partial charge in [-0.2, -0.15) is 4.37 Å². The summed E-state index contributed by atoms with van der Waals surface area (Å²) < 4.78 is 9.78. The predicted octanol–water partition coefficient (Wildman–Crippen LogP) is 1.87. The molecule has 0 aliphatic carbocycles. The van der Waals surface area contributed by atoms with Gasteiger partial charge in [0.15, 0.2) is 5.82 Å². The van der Waals surface area contributed by atoms with Crippen LogP contribution in [0.1, 0.15) is 44.0 Å². The molecule has 1 aliphatic heterocycles. The number of piperidine rings is 1. The number of methoxy groups -OCH3 is 1. The summed E-state index contributed by atoms with van der Waals surface area (Å²) in [6, 6.07) is 0.0650. The van der Waals surface area contributed by atoms with Gasteiger partial charge in [0.2, 0.25) is 0 Å². The standard InChI is InChI=1S/C14H24N4O2S/c1-9(2)16-12(19)10-11(15)17-21-13(10)18-7-5-6-14(3,8-18)20-4/h9H,5-8H2,1-4H3,(H2,15,17)(H,16,19). The van der Waals surface area contributed by atoms with Gasteiger partial charge in [-0.05, 0) is 45.1 Å². The highest BCUT2D eigenvalue weighted by molar-refractivity contribution is 7.11. The number of nitrogen functional groups attached to an aromatic ring is 1. The van der Waals surface area contributed by atoms with Crippen LogP contribution in [0, 0.1) is 0 Å². The van der Waals surface area contributed by atoms with Crippen LogP contribution in [0.5, 0.6) is 0 Å². The van der Waals surface area contributed by atoms with E-state index in [0.29, 0.717) is 11.4 Å². The van der Waals surface area contributed by atoms with Crippen LogP contribution in [0.2, 0.25) is 0 Å². The molecule has 0 aromatic carbocycles. The lowest BCUT2D eigenvalue weighted by atomic mass is 9.95. The molecular formula is C14H24N4O2S. The maximum absolute atomic E-state index is 12.3. The van der Waals surface area contributed by atoms with Gasteiger partial charge in [0.1, 0.15) is 10.6 Å². The van der Waals surface area contributed by atoms with E-state index in [1.807, 2.05) is 13.8 Å². The summed E-state index contributed by atoms with van der Waals surface area (Å²) in [6.07, 6.45) is 2.04. The molecule has 0 bridgehead atoms. The third-order valence-electron chi connectivity index (χ3n) is 3.79. The van der Waals surface area contributed by atoms with Crippen molar-refractivity contribution in [1.29, 1.82) is 0 Å². The quantitative estimate of drug-likeness (QED) is 0.887. The van der Waals surface area contributed by atoms with Gasteiger partial charge in [-0.25, -0.2) is 0 Å². The summed E-state index contributed by atoms with van der Waals surface area (Å²) in [5, 5.41) is 3.73. The molecule has 0 saturated carbocycles. The molecule has 6 nitrogen and oxygen atoms in total. The van der Waals surface area contributed by atoms with Gasteiger partial charge in [0.05, 0.1) is 5.60 Å². The van der Waals surface area contributed by atoms with E-state index in [-0.39, 0.29) is 17.6 Å². The van der Waals surface area contributed by atoms with Crippen molar-refractivity contribution in [2.24, 2.45) is 0 Å². The van der Waals surface area contributed by atoms with Crippen LogP contribution in [0.15, 0.2) is 0 Å². The molecule has 1 aromatic rings. The molecule has 0 spiro atoms. The molecule has 2 rings (SSSR count). The molecule has 2 heterocycles. The van der Waals surface area contributed by atoms with Gasteiger partial charge >= 0.3 is 0 Å². The summed E-state index contributed by atoms with van der Waals surface area (Å²) in [7, 11) is 1.73. The highest BCUT2D eigenvalue weighted by atomic mass is 32.1. The second kappa shape index (κ2) is 6.19. The number of ether oxygens (including phenoxy) is 1. The first-order valence-electron chi connectivity index (χ1n) is 7.22. The average molecular weight is 312 g/mol. The molecule has 1 amide bonds. The second-order valence-corrected chi connectivity index (χ2v) is 6.81. The molecule has 1 unspecified atom stereocenters. The summed E-state index contributed by atoms with van der Waals surface area (Å²) in [5.74, 6) is 0.147. The van der Waals surface area contributed by atoms with Crippen molar-refractivity contribution in [3.63, 3.8) is 0 Å².